The highest BCUT2D eigenvalue weighted by Crippen LogP contribution is 2.29. The number of likely N-dealkylation sites (tertiary alicyclic amines) is 1. The third-order valence-corrected chi connectivity index (χ3v) is 5.26. The van der Waals surface area contributed by atoms with E-state index in [4.69, 9.17) is 0 Å². The Bertz CT molecular complexity index is 962. The van der Waals surface area contributed by atoms with E-state index in [1.807, 2.05) is 18.2 Å². The molecule has 7 heteroatoms. The van der Waals surface area contributed by atoms with Crippen molar-refractivity contribution in [3.05, 3.63) is 65.4 Å². The fourth-order valence-corrected chi connectivity index (χ4v) is 3.77. The van der Waals surface area contributed by atoms with Gasteiger partial charge in [-0.3, -0.25) is 9.69 Å². The molecule has 1 N–H and O–H groups in total. The summed E-state index contributed by atoms with van der Waals surface area (Å²) in [6.45, 7) is 2.42. The zero-order chi connectivity index (χ0) is 18.8. The first-order valence-electron chi connectivity index (χ1n) is 9.18. The molecule has 0 unspecified atom stereocenters. The average Bonchev–Trinajstić information content (AvgIpc) is 3.14. The van der Waals surface area contributed by atoms with Gasteiger partial charge in [-0.05, 0) is 38.1 Å². The molecule has 6 nitrogen and oxygen atoms in total. The predicted molar refractivity (Wildman–Crippen MR) is 100 cm³/mol. The molecule has 27 heavy (non-hydrogen) atoms. The summed E-state index contributed by atoms with van der Waals surface area (Å²) in [5.41, 5.74) is 2.88. The van der Waals surface area contributed by atoms with Crippen LogP contribution in [0.3, 0.4) is 0 Å². The van der Waals surface area contributed by atoms with Crippen molar-refractivity contribution >= 4 is 11.6 Å². The van der Waals surface area contributed by atoms with E-state index in [1.54, 1.807) is 30.0 Å². The molecule has 3 heterocycles. The van der Waals surface area contributed by atoms with Crippen LogP contribution >= 0.6 is 0 Å². The number of fused-ring (bicyclic) bond motifs is 1. The normalized spacial score (nSPS) is 15.9. The van der Waals surface area contributed by atoms with Gasteiger partial charge in [0.25, 0.3) is 5.91 Å². The van der Waals surface area contributed by atoms with Crippen LogP contribution in [0.15, 0.2) is 42.7 Å². The van der Waals surface area contributed by atoms with Gasteiger partial charge in [0.2, 0.25) is 0 Å². The lowest BCUT2D eigenvalue weighted by Crippen LogP contribution is -2.33. The predicted octanol–water partition coefficient (Wildman–Crippen LogP) is 2.61. The first kappa shape index (κ1) is 17.6. The summed E-state index contributed by atoms with van der Waals surface area (Å²) >= 11 is 0. The van der Waals surface area contributed by atoms with Gasteiger partial charge in [-0.25, -0.2) is 13.9 Å². The molecule has 1 fully saturated rings. The van der Waals surface area contributed by atoms with Crippen molar-refractivity contribution in [2.24, 2.45) is 0 Å². The highest BCUT2D eigenvalue weighted by atomic mass is 19.1. The van der Waals surface area contributed by atoms with Crippen molar-refractivity contribution < 1.29 is 9.18 Å². The van der Waals surface area contributed by atoms with E-state index in [-0.39, 0.29) is 11.7 Å². The molecule has 3 aromatic rings. The largest absolute Gasteiger partial charge is 0.355 e. The number of benzene rings is 1. The van der Waals surface area contributed by atoms with Gasteiger partial charge < -0.3 is 5.32 Å². The lowest BCUT2D eigenvalue weighted by molar-refractivity contribution is 0.0964. The SMILES string of the molecule is CNC(=O)c1cnn2c(C3CCN(Cc4ccccc4F)CC3)ccnc12. The number of rotatable bonds is 4. The van der Waals surface area contributed by atoms with Crippen LogP contribution in [0.1, 0.15) is 40.4 Å². The maximum atomic E-state index is 13.9. The van der Waals surface area contributed by atoms with Gasteiger partial charge in [0.1, 0.15) is 11.4 Å². The number of halogens is 1. The Morgan fingerprint density at radius 3 is 2.78 bits per heavy atom. The average molecular weight is 367 g/mol. The van der Waals surface area contributed by atoms with E-state index < -0.39 is 0 Å². The van der Waals surface area contributed by atoms with Gasteiger partial charge in [-0.15, -0.1) is 0 Å². The van der Waals surface area contributed by atoms with E-state index in [2.05, 4.69) is 20.3 Å². The number of nitrogens with one attached hydrogen (secondary N) is 1. The van der Waals surface area contributed by atoms with Crippen LogP contribution < -0.4 is 5.32 Å². The van der Waals surface area contributed by atoms with E-state index in [0.29, 0.717) is 23.7 Å². The van der Waals surface area contributed by atoms with Crippen LogP contribution in [0.5, 0.6) is 0 Å². The lowest BCUT2D eigenvalue weighted by Gasteiger charge is -2.32. The number of carbonyl (C=O) groups is 1. The van der Waals surface area contributed by atoms with Crippen molar-refractivity contribution in [3.8, 4) is 0 Å². The number of nitrogens with zero attached hydrogens (tertiary/aromatic N) is 4. The molecule has 0 bridgehead atoms. The Hall–Kier alpha value is -2.80. The van der Waals surface area contributed by atoms with Gasteiger partial charge in [0.15, 0.2) is 5.65 Å². The van der Waals surface area contributed by atoms with E-state index in [0.717, 1.165) is 37.2 Å². The number of hydrogen-bond donors (Lipinski definition) is 1. The molecule has 1 aliphatic rings. The van der Waals surface area contributed by atoms with E-state index >= 15 is 0 Å². The third kappa shape index (κ3) is 3.42. The molecule has 0 spiro atoms. The van der Waals surface area contributed by atoms with E-state index in [9.17, 15) is 9.18 Å². The van der Waals surface area contributed by atoms with E-state index in [1.165, 1.54) is 6.07 Å². The standard InChI is InChI=1S/C20H22FN5O/c1-22-20(27)16-12-24-26-18(6-9-23-19(16)26)14-7-10-25(11-8-14)13-15-4-2-3-5-17(15)21/h2-6,9,12,14H,7-8,10-11,13H2,1H3,(H,22,27). The number of piperidine rings is 1. The Kier molecular flexibility index (Phi) is 4.85. The fourth-order valence-electron chi connectivity index (χ4n) is 3.77. The van der Waals surface area contributed by atoms with Gasteiger partial charge in [-0.1, -0.05) is 18.2 Å². The summed E-state index contributed by atoms with van der Waals surface area (Å²) in [5.74, 6) is 0.00732. The fraction of sp³-hybridized carbons (Fsp3) is 0.350. The maximum absolute atomic E-state index is 13.9. The molecular weight excluding hydrogens is 345 g/mol. The monoisotopic (exact) mass is 367 g/mol. The summed E-state index contributed by atoms with van der Waals surface area (Å²) in [5, 5.41) is 7.01. The van der Waals surface area contributed by atoms with Crippen molar-refractivity contribution in [3.63, 3.8) is 0 Å². The molecule has 0 saturated carbocycles. The molecule has 4 rings (SSSR count). The van der Waals surface area contributed by atoms with Crippen LogP contribution in [-0.2, 0) is 6.54 Å². The Morgan fingerprint density at radius 2 is 2.04 bits per heavy atom. The molecule has 140 valence electrons. The Labute approximate surface area is 157 Å². The van der Waals surface area contributed by atoms with Crippen molar-refractivity contribution in [2.45, 2.75) is 25.3 Å². The minimum absolute atomic E-state index is 0.145. The third-order valence-electron chi connectivity index (χ3n) is 5.26. The number of amides is 1. The summed E-state index contributed by atoms with van der Waals surface area (Å²) in [7, 11) is 1.60. The molecule has 2 aromatic heterocycles. The summed E-state index contributed by atoms with van der Waals surface area (Å²) in [6, 6.07) is 8.93. The molecular formula is C20H22FN5O. The Balaban J connectivity index is 1.49. The number of aromatic nitrogens is 3. The van der Waals surface area contributed by atoms with Gasteiger partial charge >= 0.3 is 0 Å². The van der Waals surface area contributed by atoms with Crippen molar-refractivity contribution in [2.75, 3.05) is 20.1 Å². The van der Waals surface area contributed by atoms with Crippen LogP contribution in [0, 0.1) is 5.82 Å². The molecule has 1 aromatic carbocycles. The molecule has 1 aliphatic heterocycles. The smallest absolute Gasteiger partial charge is 0.256 e. The molecule has 0 aliphatic carbocycles. The van der Waals surface area contributed by atoms with Crippen LogP contribution in [0.4, 0.5) is 4.39 Å². The summed E-state index contributed by atoms with van der Waals surface area (Å²) in [6.07, 6.45) is 5.23. The topological polar surface area (TPSA) is 62.5 Å². The van der Waals surface area contributed by atoms with Gasteiger partial charge in [0.05, 0.1) is 6.20 Å². The number of carbonyl (C=O) groups excluding carboxylic acids is 1. The zero-order valence-electron chi connectivity index (χ0n) is 15.2. The molecule has 0 atom stereocenters. The summed E-state index contributed by atoms with van der Waals surface area (Å²) in [4.78, 5) is 18.6. The minimum atomic E-state index is -0.186. The van der Waals surface area contributed by atoms with Gasteiger partial charge in [-0.2, -0.15) is 5.10 Å². The first-order valence-corrected chi connectivity index (χ1v) is 9.18. The second-order valence-electron chi connectivity index (χ2n) is 6.88. The molecule has 0 radical (unpaired) electrons. The quantitative estimate of drug-likeness (QED) is 0.770. The number of hydrogen-bond acceptors (Lipinski definition) is 4. The van der Waals surface area contributed by atoms with Gasteiger partial charge in [0, 0.05) is 37.0 Å². The highest BCUT2D eigenvalue weighted by Gasteiger charge is 2.24. The Morgan fingerprint density at radius 1 is 1.26 bits per heavy atom. The second kappa shape index (κ2) is 7.44. The highest BCUT2D eigenvalue weighted by molar-refractivity contribution is 5.99. The van der Waals surface area contributed by atoms with Crippen LogP contribution in [-0.4, -0.2) is 45.5 Å². The first-order chi connectivity index (χ1) is 13.2. The minimum Gasteiger partial charge on any atom is -0.355 e. The van der Waals surface area contributed by atoms with Crippen LogP contribution in [0.25, 0.3) is 5.65 Å². The maximum Gasteiger partial charge on any atom is 0.256 e. The molecule has 1 saturated heterocycles. The van der Waals surface area contributed by atoms with Crippen LogP contribution in [0.2, 0.25) is 0 Å². The lowest BCUT2D eigenvalue weighted by atomic mass is 9.93. The van der Waals surface area contributed by atoms with Crippen molar-refractivity contribution in [1.82, 2.24) is 24.8 Å². The molecule has 1 amide bonds. The second-order valence-corrected chi connectivity index (χ2v) is 6.88. The van der Waals surface area contributed by atoms with Crippen molar-refractivity contribution in [1.29, 1.82) is 0 Å². The summed E-state index contributed by atoms with van der Waals surface area (Å²) < 4.78 is 15.7. The zero-order valence-corrected chi connectivity index (χ0v) is 15.2.